The van der Waals surface area contributed by atoms with Gasteiger partial charge in [-0.05, 0) is 79.9 Å². The number of fused-ring (bicyclic) bond motifs is 1. The summed E-state index contributed by atoms with van der Waals surface area (Å²) in [7, 11) is 0. The van der Waals surface area contributed by atoms with Gasteiger partial charge in [-0.25, -0.2) is 9.38 Å². The Kier molecular flexibility index (Phi) is 10.2. The summed E-state index contributed by atoms with van der Waals surface area (Å²) in [5, 5.41) is 3.53. The molecule has 0 spiro atoms. The lowest BCUT2D eigenvalue weighted by Gasteiger charge is -2.25. The maximum atomic E-state index is 14.3. The van der Waals surface area contributed by atoms with E-state index in [1.807, 2.05) is 61.5 Å². The zero-order chi connectivity index (χ0) is 34.5. The third kappa shape index (κ3) is 7.28. The van der Waals surface area contributed by atoms with Crippen LogP contribution in [0.25, 0.3) is 6.08 Å². The third-order valence-electron chi connectivity index (χ3n) is 7.93. The summed E-state index contributed by atoms with van der Waals surface area (Å²) < 4.78 is 28.3. The largest absolute Gasteiger partial charge is 0.490 e. The van der Waals surface area contributed by atoms with Gasteiger partial charge in [0.05, 0.1) is 28.5 Å². The SMILES string of the molecule is C=CCc1cc(/C=c2/sc3n(c2=O)[C@@H](c2ccc(F)cc2)C(C(=O)Nc2ccccc2)=C(C)N=3)cc(OCC)c1OCc1ccccc1Cl. The first-order valence-electron chi connectivity index (χ1n) is 15.7. The number of thiazole rings is 1. The van der Waals surface area contributed by atoms with Crippen molar-refractivity contribution in [2.45, 2.75) is 32.9 Å². The molecule has 0 unspecified atom stereocenters. The lowest BCUT2D eigenvalue weighted by atomic mass is 9.95. The summed E-state index contributed by atoms with van der Waals surface area (Å²) in [5.74, 6) is 0.264. The van der Waals surface area contributed by atoms with Crippen LogP contribution in [0, 0.1) is 5.82 Å². The van der Waals surface area contributed by atoms with Gasteiger partial charge in [0.2, 0.25) is 0 Å². The number of para-hydroxylation sites is 1. The summed E-state index contributed by atoms with van der Waals surface area (Å²) in [6, 6.07) is 25.3. The average molecular weight is 694 g/mol. The second-order valence-electron chi connectivity index (χ2n) is 11.3. The van der Waals surface area contributed by atoms with Gasteiger partial charge >= 0.3 is 0 Å². The number of carbonyl (C=O) groups excluding carboxylic acids is 1. The third-order valence-corrected chi connectivity index (χ3v) is 9.28. The number of carbonyl (C=O) groups is 1. The highest BCUT2D eigenvalue weighted by molar-refractivity contribution is 7.07. The molecular formula is C39H33ClFN3O4S. The summed E-state index contributed by atoms with van der Waals surface area (Å²) in [4.78, 5) is 33.2. The monoisotopic (exact) mass is 693 g/mol. The van der Waals surface area contributed by atoms with Crippen molar-refractivity contribution in [2.24, 2.45) is 4.99 Å². The fourth-order valence-electron chi connectivity index (χ4n) is 5.71. The molecule has 2 heterocycles. The summed E-state index contributed by atoms with van der Waals surface area (Å²) >= 11 is 7.59. The molecule has 0 aliphatic carbocycles. The molecule has 1 aliphatic rings. The predicted octanol–water partition coefficient (Wildman–Crippen LogP) is 7.37. The molecule has 4 aromatic carbocycles. The number of nitrogens with zero attached hydrogens (tertiary/aromatic N) is 2. The molecule has 248 valence electrons. The molecule has 6 rings (SSSR count). The molecule has 7 nitrogen and oxygen atoms in total. The molecule has 1 aromatic heterocycles. The number of allylic oxidation sites excluding steroid dienone is 2. The van der Waals surface area contributed by atoms with Crippen molar-refractivity contribution >= 4 is 40.6 Å². The van der Waals surface area contributed by atoms with Gasteiger partial charge in [-0.1, -0.05) is 77.5 Å². The van der Waals surface area contributed by atoms with Crippen LogP contribution >= 0.6 is 22.9 Å². The van der Waals surface area contributed by atoms with Gasteiger partial charge in [0.25, 0.3) is 11.5 Å². The molecule has 0 bridgehead atoms. The molecule has 49 heavy (non-hydrogen) atoms. The van der Waals surface area contributed by atoms with E-state index >= 15 is 0 Å². The van der Waals surface area contributed by atoms with Gasteiger partial charge in [0.1, 0.15) is 12.4 Å². The maximum Gasteiger partial charge on any atom is 0.271 e. The van der Waals surface area contributed by atoms with E-state index in [-0.39, 0.29) is 12.2 Å². The number of anilines is 1. The van der Waals surface area contributed by atoms with Crippen molar-refractivity contribution in [3.8, 4) is 11.5 Å². The first-order chi connectivity index (χ1) is 23.8. The zero-order valence-electron chi connectivity index (χ0n) is 26.9. The Morgan fingerprint density at radius 2 is 1.78 bits per heavy atom. The van der Waals surface area contributed by atoms with Crippen LogP contribution < -0.4 is 29.7 Å². The number of aromatic nitrogens is 1. The van der Waals surface area contributed by atoms with Crippen LogP contribution in [0.2, 0.25) is 5.02 Å². The van der Waals surface area contributed by atoms with Crippen molar-refractivity contribution in [3.63, 3.8) is 0 Å². The van der Waals surface area contributed by atoms with E-state index in [1.165, 1.54) is 28.0 Å². The van der Waals surface area contributed by atoms with E-state index in [4.69, 9.17) is 26.1 Å². The molecule has 1 atom stereocenters. The molecular weight excluding hydrogens is 661 g/mol. The number of benzene rings is 4. The van der Waals surface area contributed by atoms with E-state index in [0.717, 1.165) is 11.1 Å². The number of ether oxygens (including phenoxy) is 2. The van der Waals surface area contributed by atoms with Gasteiger partial charge in [0.15, 0.2) is 16.3 Å². The van der Waals surface area contributed by atoms with Gasteiger partial charge in [-0.15, -0.1) is 6.58 Å². The number of nitrogens with one attached hydrogen (secondary N) is 1. The minimum absolute atomic E-state index is 0.241. The smallest absolute Gasteiger partial charge is 0.271 e. The van der Waals surface area contributed by atoms with Crippen LogP contribution in [-0.4, -0.2) is 17.1 Å². The topological polar surface area (TPSA) is 81.9 Å². The van der Waals surface area contributed by atoms with E-state index in [9.17, 15) is 14.0 Å². The van der Waals surface area contributed by atoms with Crippen molar-refractivity contribution < 1.29 is 18.7 Å². The van der Waals surface area contributed by atoms with Crippen LogP contribution in [0.3, 0.4) is 0 Å². The minimum atomic E-state index is -0.835. The standard InChI is InChI=1S/C39H33ClFN3O4S/c1-4-11-27-20-25(21-32(47-5-2)36(27)48-23-28-12-9-10-15-31(28)40)22-33-38(46)44-35(26-16-18-29(41)19-17-26)34(24(3)42-39(44)49-33)37(45)43-30-13-7-6-8-14-30/h4,6-10,12-22,35H,1,5,11,23H2,2-3H3,(H,43,45)/b33-22+/t35-/m0/s1. The Morgan fingerprint density at radius 3 is 2.49 bits per heavy atom. The van der Waals surface area contributed by atoms with Crippen LogP contribution in [0.4, 0.5) is 10.1 Å². The zero-order valence-corrected chi connectivity index (χ0v) is 28.5. The predicted molar refractivity (Wildman–Crippen MR) is 193 cm³/mol. The number of hydrogen-bond donors (Lipinski definition) is 1. The second kappa shape index (κ2) is 14.9. The van der Waals surface area contributed by atoms with Gasteiger partial charge in [-0.2, -0.15) is 0 Å². The lowest BCUT2D eigenvalue weighted by Crippen LogP contribution is -2.40. The molecule has 5 aromatic rings. The second-order valence-corrected chi connectivity index (χ2v) is 12.7. The van der Waals surface area contributed by atoms with Crippen molar-refractivity contribution in [1.82, 2.24) is 4.57 Å². The van der Waals surface area contributed by atoms with E-state index < -0.39 is 17.8 Å². The number of hydrogen-bond acceptors (Lipinski definition) is 6. The Balaban J connectivity index is 1.44. The van der Waals surface area contributed by atoms with Crippen LogP contribution in [0.5, 0.6) is 11.5 Å². The molecule has 0 saturated carbocycles. The van der Waals surface area contributed by atoms with Crippen molar-refractivity contribution in [3.05, 3.63) is 168 Å². The quantitative estimate of drug-likeness (QED) is 0.147. The van der Waals surface area contributed by atoms with Gasteiger partial charge in [-0.3, -0.25) is 14.2 Å². The van der Waals surface area contributed by atoms with Crippen molar-refractivity contribution in [1.29, 1.82) is 0 Å². The number of amides is 1. The molecule has 10 heteroatoms. The maximum absolute atomic E-state index is 14.3. The Labute approximate surface area is 291 Å². The van der Waals surface area contributed by atoms with E-state index in [1.54, 1.807) is 43.3 Å². The van der Waals surface area contributed by atoms with Gasteiger partial charge in [0, 0.05) is 21.8 Å². The highest BCUT2D eigenvalue weighted by Gasteiger charge is 2.32. The van der Waals surface area contributed by atoms with Crippen LogP contribution in [0.1, 0.15) is 42.1 Å². The molecule has 1 aliphatic heterocycles. The van der Waals surface area contributed by atoms with Crippen LogP contribution in [0.15, 0.2) is 125 Å². The van der Waals surface area contributed by atoms with E-state index in [0.29, 0.717) is 67.0 Å². The van der Waals surface area contributed by atoms with E-state index in [2.05, 4.69) is 11.9 Å². The average Bonchev–Trinajstić information content (AvgIpc) is 3.39. The molecule has 1 amide bonds. The fraction of sp³-hybridized carbons (Fsp3) is 0.154. The summed E-state index contributed by atoms with van der Waals surface area (Å²) in [6.07, 6.45) is 4.05. The summed E-state index contributed by atoms with van der Waals surface area (Å²) in [5.41, 5.74) is 3.97. The highest BCUT2D eigenvalue weighted by Crippen LogP contribution is 2.36. The molecule has 0 fully saturated rings. The molecule has 1 N–H and O–H groups in total. The lowest BCUT2D eigenvalue weighted by molar-refractivity contribution is -0.113. The fourth-order valence-corrected chi connectivity index (χ4v) is 6.95. The normalized spacial score (nSPS) is 14.2. The van der Waals surface area contributed by atoms with Gasteiger partial charge < -0.3 is 14.8 Å². The first-order valence-corrected chi connectivity index (χ1v) is 16.9. The Bertz CT molecular complexity index is 2240. The highest BCUT2D eigenvalue weighted by atomic mass is 35.5. The summed E-state index contributed by atoms with van der Waals surface area (Å²) in [6.45, 7) is 8.19. The molecule has 0 radical (unpaired) electrons. The number of halogens is 2. The Morgan fingerprint density at radius 1 is 1.04 bits per heavy atom. The van der Waals surface area contributed by atoms with Crippen LogP contribution in [-0.2, 0) is 17.8 Å². The molecule has 0 saturated heterocycles. The minimum Gasteiger partial charge on any atom is -0.490 e. The first kappa shape index (κ1) is 33.6. The number of rotatable bonds is 11. The van der Waals surface area contributed by atoms with Crippen molar-refractivity contribution in [2.75, 3.05) is 11.9 Å². The Hall–Kier alpha value is -5.25.